The molecule has 0 saturated carbocycles. The maximum Gasteiger partial charge on any atom is 0.318 e. The van der Waals surface area contributed by atoms with Crippen LogP contribution in [0.4, 0.5) is 4.79 Å². The summed E-state index contributed by atoms with van der Waals surface area (Å²) in [6, 6.07) is 6.92. The van der Waals surface area contributed by atoms with Gasteiger partial charge in [-0.1, -0.05) is 5.16 Å². The topological polar surface area (TPSA) is 89.7 Å². The van der Waals surface area contributed by atoms with Gasteiger partial charge >= 0.3 is 6.03 Å². The number of carbonyl (C=O) groups is 1. The van der Waals surface area contributed by atoms with E-state index in [-0.39, 0.29) is 12.1 Å². The molecule has 8 heteroatoms. The monoisotopic (exact) mass is 374 g/mol. The molecule has 2 amide bonds. The first kappa shape index (κ1) is 19.2. The number of urea groups is 1. The number of nitrogens with zero attached hydrogens (tertiary/aromatic N) is 3. The van der Waals surface area contributed by atoms with Crippen LogP contribution < -0.4 is 10.1 Å². The predicted molar refractivity (Wildman–Crippen MR) is 99.4 cm³/mol. The van der Waals surface area contributed by atoms with Gasteiger partial charge in [-0.05, 0) is 49.9 Å². The Morgan fingerprint density at radius 3 is 2.63 bits per heavy atom. The van der Waals surface area contributed by atoms with Crippen LogP contribution in [0.1, 0.15) is 31.7 Å². The van der Waals surface area contributed by atoms with Crippen LogP contribution in [0.5, 0.6) is 5.75 Å². The first-order valence-corrected chi connectivity index (χ1v) is 9.13. The third kappa shape index (κ3) is 4.77. The number of ether oxygens (including phenoxy) is 2. The zero-order chi connectivity index (χ0) is 19.2. The number of piperidine rings is 1. The highest BCUT2D eigenvalue weighted by atomic mass is 16.5. The summed E-state index contributed by atoms with van der Waals surface area (Å²) < 4.78 is 15.7. The maximum atomic E-state index is 12.5. The van der Waals surface area contributed by atoms with Crippen LogP contribution in [-0.4, -0.2) is 55.0 Å². The van der Waals surface area contributed by atoms with E-state index in [1.54, 1.807) is 14.2 Å². The second-order valence-electron chi connectivity index (χ2n) is 6.74. The van der Waals surface area contributed by atoms with Crippen molar-refractivity contribution in [3.63, 3.8) is 0 Å². The molecule has 27 heavy (non-hydrogen) atoms. The van der Waals surface area contributed by atoms with Crippen LogP contribution in [0.25, 0.3) is 11.4 Å². The lowest BCUT2D eigenvalue weighted by molar-refractivity contribution is 0.106. The number of hydrogen-bond acceptors (Lipinski definition) is 6. The van der Waals surface area contributed by atoms with E-state index >= 15 is 0 Å². The summed E-state index contributed by atoms with van der Waals surface area (Å²) in [7, 11) is 3.33. The van der Waals surface area contributed by atoms with Gasteiger partial charge in [0.15, 0.2) is 0 Å². The van der Waals surface area contributed by atoms with Crippen LogP contribution in [-0.2, 0) is 4.74 Å². The molecular weight excluding hydrogens is 348 g/mol. The normalized spacial score (nSPS) is 16.2. The average Bonchev–Trinajstić information content (AvgIpc) is 3.19. The largest absolute Gasteiger partial charge is 0.497 e. The fourth-order valence-electron chi connectivity index (χ4n) is 3.15. The van der Waals surface area contributed by atoms with Crippen LogP contribution in [0.15, 0.2) is 28.8 Å². The van der Waals surface area contributed by atoms with Crippen molar-refractivity contribution >= 4 is 6.03 Å². The molecule has 1 saturated heterocycles. The van der Waals surface area contributed by atoms with Crippen LogP contribution >= 0.6 is 0 Å². The number of amides is 2. The van der Waals surface area contributed by atoms with E-state index in [2.05, 4.69) is 15.5 Å². The van der Waals surface area contributed by atoms with Crippen molar-refractivity contribution in [2.45, 2.75) is 25.8 Å². The zero-order valence-corrected chi connectivity index (χ0v) is 16.0. The highest BCUT2D eigenvalue weighted by molar-refractivity contribution is 5.74. The third-order valence-electron chi connectivity index (χ3n) is 4.80. The van der Waals surface area contributed by atoms with Crippen LogP contribution in [0, 0.1) is 5.92 Å². The SMILES string of the molecule is COCC1CCN(C(=O)N[C@H](C)c2nc(-c3ccc(OC)cc3)no2)CC1. The Labute approximate surface area is 158 Å². The fraction of sp³-hybridized carbons (Fsp3) is 0.526. The van der Waals surface area contributed by atoms with Crippen molar-refractivity contribution in [2.75, 3.05) is 33.9 Å². The summed E-state index contributed by atoms with van der Waals surface area (Å²) in [6.07, 6.45) is 1.91. The number of benzene rings is 1. The maximum absolute atomic E-state index is 12.5. The van der Waals surface area contributed by atoms with Gasteiger partial charge in [0.05, 0.1) is 7.11 Å². The number of aromatic nitrogens is 2. The van der Waals surface area contributed by atoms with E-state index in [0.717, 1.165) is 43.9 Å². The molecule has 0 bridgehead atoms. The molecule has 0 radical (unpaired) electrons. The molecule has 146 valence electrons. The van der Waals surface area contributed by atoms with Gasteiger partial charge in [0, 0.05) is 32.4 Å². The smallest absolute Gasteiger partial charge is 0.318 e. The van der Waals surface area contributed by atoms with Gasteiger partial charge in [-0.15, -0.1) is 0 Å². The first-order valence-electron chi connectivity index (χ1n) is 9.13. The fourth-order valence-corrected chi connectivity index (χ4v) is 3.15. The molecule has 0 spiro atoms. The second kappa shape index (κ2) is 8.85. The molecule has 0 aliphatic carbocycles. The molecule has 1 atom stereocenters. The van der Waals surface area contributed by atoms with Gasteiger partial charge in [-0.25, -0.2) is 4.79 Å². The van der Waals surface area contributed by atoms with E-state index in [1.807, 2.05) is 36.1 Å². The van der Waals surface area contributed by atoms with Gasteiger partial charge in [0.25, 0.3) is 0 Å². The summed E-state index contributed by atoms with van der Waals surface area (Å²) >= 11 is 0. The average molecular weight is 374 g/mol. The van der Waals surface area contributed by atoms with E-state index < -0.39 is 0 Å². The molecule has 8 nitrogen and oxygen atoms in total. The summed E-state index contributed by atoms with van der Waals surface area (Å²) in [5.41, 5.74) is 0.824. The minimum absolute atomic E-state index is 0.109. The summed E-state index contributed by atoms with van der Waals surface area (Å²) in [5.74, 6) is 2.15. The Morgan fingerprint density at radius 1 is 1.30 bits per heavy atom. The van der Waals surface area contributed by atoms with Gasteiger partial charge in [-0.3, -0.25) is 0 Å². The number of methoxy groups -OCH3 is 2. The second-order valence-corrected chi connectivity index (χ2v) is 6.74. The van der Waals surface area contributed by atoms with E-state index in [4.69, 9.17) is 14.0 Å². The molecule has 0 unspecified atom stereocenters. The summed E-state index contributed by atoms with van der Waals surface area (Å²) in [5, 5.41) is 6.94. The molecule has 1 aliphatic rings. The first-order chi connectivity index (χ1) is 13.1. The zero-order valence-electron chi connectivity index (χ0n) is 16.0. The molecule has 1 fully saturated rings. The van der Waals surface area contributed by atoms with Crippen molar-refractivity contribution in [3.05, 3.63) is 30.2 Å². The molecule has 1 aliphatic heterocycles. The lowest BCUT2D eigenvalue weighted by Crippen LogP contribution is -2.45. The van der Waals surface area contributed by atoms with E-state index in [0.29, 0.717) is 17.6 Å². The summed E-state index contributed by atoms with van der Waals surface area (Å²) in [4.78, 5) is 18.7. The minimum Gasteiger partial charge on any atom is -0.497 e. The summed E-state index contributed by atoms with van der Waals surface area (Å²) in [6.45, 7) is 4.05. The number of carbonyl (C=O) groups excluding carboxylic acids is 1. The number of nitrogens with one attached hydrogen (secondary N) is 1. The Balaban J connectivity index is 1.56. The third-order valence-corrected chi connectivity index (χ3v) is 4.80. The van der Waals surface area contributed by atoms with Crippen molar-refractivity contribution in [1.29, 1.82) is 0 Å². The van der Waals surface area contributed by atoms with Crippen molar-refractivity contribution in [3.8, 4) is 17.1 Å². The number of likely N-dealkylation sites (tertiary alicyclic amines) is 1. The van der Waals surface area contributed by atoms with Crippen molar-refractivity contribution < 1.29 is 18.8 Å². The van der Waals surface area contributed by atoms with Crippen LogP contribution in [0.2, 0.25) is 0 Å². The lowest BCUT2D eigenvalue weighted by atomic mass is 9.98. The Kier molecular flexibility index (Phi) is 6.28. The minimum atomic E-state index is -0.367. The predicted octanol–water partition coefficient (Wildman–Crippen LogP) is 2.87. The molecule has 3 rings (SSSR count). The lowest BCUT2D eigenvalue weighted by Gasteiger charge is -2.32. The number of hydrogen-bond donors (Lipinski definition) is 1. The Morgan fingerprint density at radius 2 is 2.00 bits per heavy atom. The molecule has 1 aromatic carbocycles. The van der Waals surface area contributed by atoms with Crippen LogP contribution in [0.3, 0.4) is 0 Å². The molecular formula is C19H26N4O4. The molecule has 2 heterocycles. The Bertz CT molecular complexity index is 738. The molecule has 2 aromatic rings. The quantitative estimate of drug-likeness (QED) is 0.836. The Hall–Kier alpha value is -2.61. The highest BCUT2D eigenvalue weighted by Gasteiger charge is 2.25. The van der Waals surface area contributed by atoms with Gasteiger partial charge in [0.2, 0.25) is 11.7 Å². The standard InChI is InChI=1S/C19H26N4O4/c1-13(20-19(24)23-10-8-14(9-11-23)12-25-2)18-21-17(22-27-18)15-4-6-16(26-3)7-5-15/h4-7,13-14H,8-12H2,1-3H3,(H,20,24)/t13-/m1/s1. The van der Waals surface area contributed by atoms with Gasteiger partial charge in [0.1, 0.15) is 11.8 Å². The van der Waals surface area contributed by atoms with E-state index in [9.17, 15) is 4.79 Å². The number of rotatable bonds is 6. The van der Waals surface area contributed by atoms with E-state index in [1.165, 1.54) is 0 Å². The van der Waals surface area contributed by atoms with Crippen molar-refractivity contribution in [1.82, 2.24) is 20.4 Å². The highest BCUT2D eigenvalue weighted by Crippen LogP contribution is 2.22. The molecule has 1 N–H and O–H groups in total. The van der Waals surface area contributed by atoms with Crippen molar-refractivity contribution in [2.24, 2.45) is 5.92 Å². The van der Waals surface area contributed by atoms with Gasteiger partial charge < -0.3 is 24.2 Å². The molecule has 1 aromatic heterocycles. The van der Waals surface area contributed by atoms with Gasteiger partial charge in [-0.2, -0.15) is 4.98 Å².